The first-order valence-corrected chi connectivity index (χ1v) is 10.2. The first-order valence-electron chi connectivity index (χ1n) is 8.70. The predicted molar refractivity (Wildman–Crippen MR) is 107 cm³/mol. The van der Waals surface area contributed by atoms with E-state index in [1.54, 1.807) is 0 Å². The van der Waals surface area contributed by atoms with Crippen LogP contribution in [-0.2, 0) is 11.6 Å². The van der Waals surface area contributed by atoms with Crippen molar-refractivity contribution in [2.75, 3.05) is 0 Å². The summed E-state index contributed by atoms with van der Waals surface area (Å²) < 4.78 is 23.0. The third kappa shape index (κ3) is 3.84. The van der Waals surface area contributed by atoms with Crippen LogP contribution in [0.4, 0.5) is 0 Å². The minimum Gasteiger partial charge on any atom is -0.423 e. The zero-order valence-corrected chi connectivity index (χ0v) is 16.2. The van der Waals surface area contributed by atoms with Crippen LogP contribution in [0.15, 0.2) is 72.8 Å². The van der Waals surface area contributed by atoms with E-state index in [0.29, 0.717) is 5.56 Å². The molecule has 0 spiro atoms. The molecule has 1 aromatic heterocycles. The highest BCUT2D eigenvalue weighted by atomic mass is 31.2. The Kier molecular flexibility index (Phi) is 4.80. The van der Waals surface area contributed by atoms with Crippen LogP contribution >= 0.6 is 7.82 Å². The lowest BCUT2D eigenvalue weighted by Crippen LogP contribution is -2.31. The average Bonchev–Trinajstić information content (AvgIpc) is 2.69. The molecular weight excluding hydrogens is 393 g/mol. The van der Waals surface area contributed by atoms with Crippen molar-refractivity contribution < 1.29 is 33.0 Å². The fourth-order valence-electron chi connectivity index (χ4n) is 3.31. The van der Waals surface area contributed by atoms with Gasteiger partial charge in [0.2, 0.25) is 11.0 Å². The van der Waals surface area contributed by atoms with Gasteiger partial charge in [0, 0.05) is 12.1 Å². The molecule has 1 heterocycles. The Hall–Kier alpha value is -3.25. The van der Waals surface area contributed by atoms with Crippen molar-refractivity contribution in [1.82, 2.24) is 0 Å². The molecular formula is C21H17NO6P+. The first-order chi connectivity index (χ1) is 13.8. The zero-order valence-electron chi connectivity index (χ0n) is 15.4. The molecule has 0 amide bonds. The van der Waals surface area contributed by atoms with E-state index in [0.717, 1.165) is 21.8 Å². The van der Waals surface area contributed by atoms with Crippen molar-refractivity contribution >= 4 is 35.6 Å². The van der Waals surface area contributed by atoms with Gasteiger partial charge in [-0.1, -0.05) is 24.3 Å². The van der Waals surface area contributed by atoms with Crippen LogP contribution < -0.4 is 13.8 Å². The smallest absolute Gasteiger partial charge is 0.423 e. The molecule has 0 fully saturated rings. The van der Waals surface area contributed by atoms with E-state index in [4.69, 9.17) is 14.5 Å². The third-order valence-electron chi connectivity index (χ3n) is 4.53. The second-order valence-electron chi connectivity index (χ2n) is 6.41. The molecule has 0 aliphatic heterocycles. The van der Waals surface area contributed by atoms with E-state index in [9.17, 15) is 9.36 Å². The van der Waals surface area contributed by atoms with Gasteiger partial charge in [0.1, 0.15) is 18.5 Å². The Labute approximate surface area is 166 Å². The third-order valence-corrected chi connectivity index (χ3v) is 4.98. The zero-order chi connectivity index (χ0) is 20.6. The van der Waals surface area contributed by atoms with Crippen molar-refractivity contribution in [2.45, 2.75) is 0 Å². The molecule has 3 aromatic carbocycles. The fraction of sp³-hybridized carbons (Fsp3) is 0.0476. The second-order valence-corrected chi connectivity index (χ2v) is 7.57. The van der Waals surface area contributed by atoms with E-state index in [1.807, 2.05) is 60.1 Å². The number of ether oxygens (including phenoxy) is 1. The number of rotatable bonds is 4. The first kappa shape index (κ1) is 19.1. The Morgan fingerprint density at radius 1 is 0.828 bits per heavy atom. The molecule has 7 nitrogen and oxygen atoms in total. The lowest BCUT2D eigenvalue weighted by atomic mass is 10.0. The van der Waals surface area contributed by atoms with E-state index in [-0.39, 0.29) is 11.5 Å². The number of aryl methyl sites for hydroxylation is 1. The molecule has 4 aromatic rings. The van der Waals surface area contributed by atoms with Crippen LogP contribution in [0, 0.1) is 0 Å². The van der Waals surface area contributed by atoms with Gasteiger partial charge in [-0.05, 0) is 36.4 Å². The summed E-state index contributed by atoms with van der Waals surface area (Å²) in [6.45, 7) is 0. The van der Waals surface area contributed by atoms with Crippen LogP contribution in [0.3, 0.4) is 0 Å². The summed E-state index contributed by atoms with van der Waals surface area (Å²) in [6.07, 6.45) is 0. The molecule has 0 aliphatic carbocycles. The van der Waals surface area contributed by atoms with Gasteiger partial charge in [0.25, 0.3) is 0 Å². The summed E-state index contributed by atoms with van der Waals surface area (Å²) in [5.74, 6) is -0.322. The largest absolute Gasteiger partial charge is 0.524 e. The van der Waals surface area contributed by atoms with Crippen molar-refractivity contribution in [3.05, 3.63) is 78.4 Å². The van der Waals surface area contributed by atoms with Gasteiger partial charge in [0.15, 0.2) is 0 Å². The number of aromatic nitrogens is 1. The van der Waals surface area contributed by atoms with Crippen molar-refractivity contribution in [3.8, 4) is 11.5 Å². The highest BCUT2D eigenvalue weighted by Gasteiger charge is 2.23. The molecule has 146 valence electrons. The van der Waals surface area contributed by atoms with Crippen LogP contribution in [0.5, 0.6) is 11.5 Å². The van der Waals surface area contributed by atoms with Crippen LogP contribution in [0.25, 0.3) is 21.8 Å². The Balaban J connectivity index is 1.75. The highest BCUT2D eigenvalue weighted by molar-refractivity contribution is 7.46. The molecule has 0 unspecified atom stereocenters. The summed E-state index contributed by atoms with van der Waals surface area (Å²) in [6, 6.07) is 20.6. The van der Waals surface area contributed by atoms with E-state index < -0.39 is 13.8 Å². The van der Waals surface area contributed by atoms with Gasteiger partial charge >= 0.3 is 13.8 Å². The quantitative estimate of drug-likeness (QED) is 0.176. The monoisotopic (exact) mass is 410 g/mol. The predicted octanol–water partition coefficient (Wildman–Crippen LogP) is 3.51. The standard InChI is InChI=1S/C21H16NO6P/c1-22-18-8-4-2-6-16(18)20(17-7-3-5-9-19(17)22)21(23)27-14-10-12-15(13-11-14)28-29(24,25)26/h2-13H,1H3,(H-,24,25,26)/p+1. The normalized spacial score (nSPS) is 11.6. The topological polar surface area (TPSA) is 96.9 Å². The number of phosphoric acid groups is 1. The summed E-state index contributed by atoms with van der Waals surface area (Å²) >= 11 is 0. The lowest BCUT2D eigenvalue weighted by molar-refractivity contribution is -0.617. The number of carbonyl (C=O) groups excluding carboxylic acids is 1. The molecule has 0 saturated heterocycles. The van der Waals surface area contributed by atoms with Gasteiger partial charge in [-0.15, -0.1) is 0 Å². The number of hydrogen-bond acceptors (Lipinski definition) is 4. The molecule has 0 atom stereocenters. The highest BCUT2D eigenvalue weighted by Crippen LogP contribution is 2.38. The average molecular weight is 410 g/mol. The van der Waals surface area contributed by atoms with Crippen LogP contribution in [0.1, 0.15) is 10.4 Å². The number of benzene rings is 3. The number of esters is 1. The maximum atomic E-state index is 13.1. The SMILES string of the molecule is C[n+]1c2ccccc2c(C(=O)Oc2ccc(OP(=O)(O)O)cc2)c2ccccc21. The van der Waals surface area contributed by atoms with Crippen LogP contribution in [-0.4, -0.2) is 15.8 Å². The second kappa shape index (κ2) is 7.29. The lowest BCUT2D eigenvalue weighted by Gasteiger charge is -2.11. The molecule has 0 bridgehead atoms. The van der Waals surface area contributed by atoms with E-state index in [2.05, 4.69) is 4.52 Å². The fourth-order valence-corrected chi connectivity index (χ4v) is 3.71. The number of hydrogen-bond donors (Lipinski definition) is 2. The van der Waals surface area contributed by atoms with Gasteiger partial charge in [-0.3, -0.25) is 9.79 Å². The molecule has 0 saturated carbocycles. The van der Waals surface area contributed by atoms with Gasteiger partial charge in [0.05, 0.1) is 16.3 Å². The number of pyridine rings is 1. The van der Waals surface area contributed by atoms with Gasteiger partial charge < -0.3 is 9.26 Å². The van der Waals surface area contributed by atoms with Crippen molar-refractivity contribution in [3.63, 3.8) is 0 Å². The number of fused-ring (bicyclic) bond motifs is 2. The number of nitrogens with zero attached hydrogens (tertiary/aromatic N) is 1. The number of phosphoric ester groups is 1. The Bertz CT molecular complexity index is 1220. The summed E-state index contributed by atoms with van der Waals surface area (Å²) in [7, 11) is -2.70. The Morgan fingerprint density at radius 2 is 1.31 bits per heavy atom. The van der Waals surface area contributed by atoms with E-state index >= 15 is 0 Å². The molecule has 8 heteroatoms. The minimum atomic E-state index is -4.65. The molecule has 29 heavy (non-hydrogen) atoms. The molecule has 0 aliphatic rings. The molecule has 2 N–H and O–H groups in total. The van der Waals surface area contributed by atoms with Crippen molar-refractivity contribution in [2.24, 2.45) is 7.05 Å². The number of carbonyl (C=O) groups is 1. The minimum absolute atomic E-state index is 0.0271. The summed E-state index contributed by atoms with van der Waals surface area (Å²) in [5.41, 5.74) is 2.23. The van der Waals surface area contributed by atoms with Crippen LogP contribution in [0.2, 0.25) is 0 Å². The molecule has 4 rings (SSSR count). The molecule has 0 radical (unpaired) electrons. The Morgan fingerprint density at radius 3 is 1.83 bits per heavy atom. The van der Waals surface area contributed by atoms with Gasteiger partial charge in [-0.2, -0.15) is 4.57 Å². The van der Waals surface area contributed by atoms with Crippen molar-refractivity contribution in [1.29, 1.82) is 0 Å². The van der Waals surface area contributed by atoms with E-state index in [1.165, 1.54) is 24.3 Å². The summed E-state index contributed by atoms with van der Waals surface area (Å²) in [5, 5.41) is 1.53. The number of para-hydroxylation sites is 2. The van der Waals surface area contributed by atoms with Gasteiger partial charge in [-0.25, -0.2) is 9.36 Å². The summed E-state index contributed by atoms with van der Waals surface area (Å²) in [4.78, 5) is 30.8. The maximum absolute atomic E-state index is 13.1. The maximum Gasteiger partial charge on any atom is 0.524 e.